The SMILES string of the molecule is CCCC(NC(=O)[C@@H]1CCCCNC(=O)CCCC(=O)N[C@H](CCCOO)C(=O)N[C@@H](C2CCCCC2)C(=O)N1)C(=O)C(=O)NCC(=O)N[C@H](C(N)=O)c1ccccc1. The highest BCUT2D eigenvalue weighted by molar-refractivity contribution is 6.38. The summed E-state index contributed by atoms with van der Waals surface area (Å²) in [4.78, 5) is 122. The number of hydrogen-bond acceptors (Lipinski definition) is 11. The fourth-order valence-corrected chi connectivity index (χ4v) is 7.15. The number of rotatable bonds is 16. The molecule has 19 heteroatoms. The molecule has 19 nitrogen and oxygen atoms in total. The monoisotopic (exact) mass is 828 g/mol. The molecule has 1 unspecified atom stereocenters. The molecule has 3 rings (SSSR count). The van der Waals surface area contributed by atoms with Gasteiger partial charge in [0.2, 0.25) is 47.1 Å². The summed E-state index contributed by atoms with van der Waals surface area (Å²) in [5.74, 6) is -6.90. The molecule has 1 saturated heterocycles. The number of nitrogens with one attached hydrogen (secondary N) is 7. The van der Waals surface area contributed by atoms with Crippen LogP contribution in [0.2, 0.25) is 0 Å². The Morgan fingerprint density at radius 3 is 2.22 bits per heavy atom. The first-order chi connectivity index (χ1) is 28.3. The van der Waals surface area contributed by atoms with E-state index in [-0.39, 0.29) is 69.9 Å². The summed E-state index contributed by atoms with van der Waals surface area (Å²) in [7, 11) is 0. The highest BCUT2D eigenvalue weighted by Crippen LogP contribution is 2.27. The van der Waals surface area contributed by atoms with Gasteiger partial charge in [-0.25, -0.2) is 4.89 Å². The van der Waals surface area contributed by atoms with Crippen molar-refractivity contribution in [1.29, 1.82) is 0 Å². The maximum Gasteiger partial charge on any atom is 0.290 e. The van der Waals surface area contributed by atoms with Crippen LogP contribution in [-0.4, -0.2) is 102 Å². The number of amides is 8. The van der Waals surface area contributed by atoms with Crippen LogP contribution < -0.4 is 43.0 Å². The first kappa shape index (κ1) is 47.9. The summed E-state index contributed by atoms with van der Waals surface area (Å²) < 4.78 is 0. The van der Waals surface area contributed by atoms with E-state index in [2.05, 4.69) is 42.1 Å². The molecule has 1 saturated carbocycles. The van der Waals surface area contributed by atoms with Gasteiger partial charge in [-0.2, -0.15) is 0 Å². The molecule has 2 aliphatic rings. The van der Waals surface area contributed by atoms with Crippen LogP contribution in [-0.2, 0) is 48.0 Å². The summed E-state index contributed by atoms with van der Waals surface area (Å²) in [5.41, 5.74) is 5.88. The zero-order valence-corrected chi connectivity index (χ0v) is 33.7. The van der Waals surface area contributed by atoms with Gasteiger partial charge in [-0.3, -0.25) is 48.4 Å². The largest absolute Gasteiger partial charge is 0.368 e. The standard InChI is InChI=1S/C40H60N8O11/c1-2-13-27(35(52)40(57)43-24-32(51)47-33(36(41)53)25-14-5-3-6-15-25)45-37(54)29-18-9-10-22-42-30(49)20-11-21-31(50)44-28(19-12-23-59-58)38(55)48-34(39(56)46-29)26-16-7-4-8-17-26/h3,5-6,14-15,26-29,33-34,58H,2,4,7-13,16-24H2,1H3,(H2,41,53)(H,42,49)(H,43,57)(H,44,50)(H,45,54)(H,46,56)(H,47,51)(H,48,55)/t27?,28-,29+,33+,34+/m1/s1. The number of benzene rings is 1. The average Bonchev–Trinajstić information content (AvgIpc) is 3.22. The minimum atomic E-state index is -1.33. The van der Waals surface area contributed by atoms with Crippen molar-refractivity contribution in [1.82, 2.24) is 37.2 Å². The van der Waals surface area contributed by atoms with E-state index >= 15 is 0 Å². The van der Waals surface area contributed by atoms with Gasteiger partial charge in [0.15, 0.2) is 0 Å². The molecular formula is C40H60N8O11. The van der Waals surface area contributed by atoms with Crippen molar-refractivity contribution < 1.29 is 53.3 Å². The molecule has 0 spiro atoms. The van der Waals surface area contributed by atoms with Gasteiger partial charge in [-0.1, -0.05) is 62.9 Å². The van der Waals surface area contributed by atoms with Gasteiger partial charge >= 0.3 is 0 Å². The van der Waals surface area contributed by atoms with Crippen LogP contribution in [0.4, 0.5) is 0 Å². The fourth-order valence-electron chi connectivity index (χ4n) is 7.15. The number of hydrogen-bond donors (Lipinski definition) is 9. The second-order valence-corrected chi connectivity index (χ2v) is 15.0. The molecule has 1 heterocycles. The van der Waals surface area contributed by atoms with Crippen LogP contribution in [0, 0.1) is 5.92 Å². The smallest absolute Gasteiger partial charge is 0.290 e. The lowest BCUT2D eigenvalue weighted by molar-refractivity contribution is -0.242. The van der Waals surface area contributed by atoms with Crippen molar-refractivity contribution in [2.75, 3.05) is 19.7 Å². The van der Waals surface area contributed by atoms with Gasteiger partial charge in [-0.05, 0) is 69.3 Å². The van der Waals surface area contributed by atoms with E-state index in [1.165, 1.54) is 0 Å². The van der Waals surface area contributed by atoms with Gasteiger partial charge in [0.05, 0.1) is 19.2 Å². The molecule has 1 aliphatic heterocycles. The molecule has 1 aromatic carbocycles. The predicted octanol–water partition coefficient (Wildman–Crippen LogP) is 0.0743. The molecule has 8 amide bonds. The van der Waals surface area contributed by atoms with E-state index in [9.17, 15) is 43.2 Å². The van der Waals surface area contributed by atoms with Crippen LogP contribution in [0.25, 0.3) is 0 Å². The van der Waals surface area contributed by atoms with Crippen molar-refractivity contribution in [3.63, 3.8) is 0 Å². The molecule has 326 valence electrons. The number of ketones is 1. The Morgan fingerprint density at radius 2 is 1.54 bits per heavy atom. The second kappa shape index (κ2) is 25.8. The van der Waals surface area contributed by atoms with Crippen molar-refractivity contribution >= 4 is 53.0 Å². The van der Waals surface area contributed by atoms with Crippen molar-refractivity contribution in [2.45, 2.75) is 133 Å². The summed E-state index contributed by atoms with van der Waals surface area (Å²) in [6, 6.07) is 2.31. The molecule has 0 bridgehead atoms. The van der Waals surface area contributed by atoms with Gasteiger partial charge < -0.3 is 43.0 Å². The zero-order chi connectivity index (χ0) is 43.2. The van der Waals surface area contributed by atoms with Crippen LogP contribution in [0.3, 0.4) is 0 Å². The molecule has 1 aliphatic carbocycles. The Hall–Kier alpha value is -5.43. The molecule has 5 atom stereocenters. The summed E-state index contributed by atoms with van der Waals surface area (Å²) in [5, 5.41) is 27.1. The molecule has 10 N–H and O–H groups in total. The van der Waals surface area contributed by atoms with E-state index < -0.39 is 83.9 Å². The Kier molecular flexibility index (Phi) is 21.0. The minimum Gasteiger partial charge on any atom is -0.368 e. The Labute approximate surface area is 343 Å². The quantitative estimate of drug-likeness (QED) is 0.0465. The van der Waals surface area contributed by atoms with E-state index in [0.29, 0.717) is 37.7 Å². The lowest BCUT2D eigenvalue weighted by Gasteiger charge is -2.32. The number of primary amides is 1. The van der Waals surface area contributed by atoms with Crippen molar-refractivity contribution in [3.05, 3.63) is 35.9 Å². The summed E-state index contributed by atoms with van der Waals surface area (Å²) >= 11 is 0. The minimum absolute atomic E-state index is 0.0122. The van der Waals surface area contributed by atoms with Crippen molar-refractivity contribution in [3.8, 4) is 0 Å². The normalized spacial score (nSPS) is 21.4. The summed E-state index contributed by atoms with van der Waals surface area (Å²) in [6.07, 6.45) is 5.68. The highest BCUT2D eigenvalue weighted by atomic mass is 17.1. The van der Waals surface area contributed by atoms with Gasteiger partial charge in [0.25, 0.3) is 5.91 Å². The first-order valence-electron chi connectivity index (χ1n) is 20.5. The molecule has 2 fully saturated rings. The lowest BCUT2D eigenvalue weighted by atomic mass is 9.83. The van der Waals surface area contributed by atoms with E-state index in [1.807, 2.05) is 0 Å². The molecular weight excluding hydrogens is 768 g/mol. The topological polar surface area (TPSA) is 293 Å². The molecule has 59 heavy (non-hydrogen) atoms. The third-order valence-corrected chi connectivity index (χ3v) is 10.3. The first-order valence-corrected chi connectivity index (χ1v) is 20.5. The Balaban J connectivity index is 1.79. The van der Waals surface area contributed by atoms with Gasteiger partial charge in [0.1, 0.15) is 24.2 Å². The molecule has 0 aromatic heterocycles. The van der Waals surface area contributed by atoms with Crippen LogP contribution >= 0.6 is 0 Å². The summed E-state index contributed by atoms with van der Waals surface area (Å²) in [6.45, 7) is 1.23. The molecule has 0 radical (unpaired) electrons. The maximum absolute atomic E-state index is 14.2. The van der Waals surface area contributed by atoms with Crippen LogP contribution in [0.15, 0.2) is 30.3 Å². The molecule has 1 aromatic rings. The second-order valence-electron chi connectivity index (χ2n) is 15.0. The maximum atomic E-state index is 14.2. The highest BCUT2D eigenvalue weighted by Gasteiger charge is 2.36. The third kappa shape index (κ3) is 16.8. The van der Waals surface area contributed by atoms with E-state index in [4.69, 9.17) is 11.0 Å². The predicted molar refractivity (Wildman–Crippen MR) is 212 cm³/mol. The van der Waals surface area contributed by atoms with E-state index in [0.717, 1.165) is 19.3 Å². The van der Waals surface area contributed by atoms with Gasteiger partial charge in [0, 0.05) is 19.4 Å². The average molecular weight is 829 g/mol. The lowest BCUT2D eigenvalue weighted by Crippen LogP contribution is -2.60. The van der Waals surface area contributed by atoms with E-state index in [1.54, 1.807) is 37.3 Å². The number of Topliss-reactive ketones (excluding diaryl/α,β-unsaturated/α-hetero) is 1. The Morgan fingerprint density at radius 1 is 0.847 bits per heavy atom. The number of carbonyl (C=O) groups is 9. The number of carbonyl (C=O) groups excluding carboxylic acids is 9. The Bertz CT molecular complexity index is 1610. The van der Waals surface area contributed by atoms with Crippen LogP contribution in [0.5, 0.6) is 0 Å². The third-order valence-electron chi connectivity index (χ3n) is 10.3. The fraction of sp³-hybridized carbons (Fsp3) is 0.625. The number of nitrogens with two attached hydrogens (primary N) is 1. The van der Waals surface area contributed by atoms with Crippen molar-refractivity contribution in [2.24, 2.45) is 11.7 Å². The zero-order valence-electron chi connectivity index (χ0n) is 33.7. The van der Waals surface area contributed by atoms with Crippen LogP contribution in [0.1, 0.15) is 115 Å². The van der Waals surface area contributed by atoms with Gasteiger partial charge in [-0.15, -0.1) is 0 Å².